The summed E-state index contributed by atoms with van der Waals surface area (Å²) in [5.41, 5.74) is 3.70. The minimum atomic E-state index is -0.136. The quantitative estimate of drug-likeness (QED) is 0.851. The first-order valence-electron chi connectivity index (χ1n) is 9.14. The summed E-state index contributed by atoms with van der Waals surface area (Å²) in [7, 11) is 0. The number of carbonyl (C=O) groups excluding carboxylic acids is 1. The van der Waals surface area contributed by atoms with E-state index in [1.807, 2.05) is 25.1 Å². The van der Waals surface area contributed by atoms with E-state index >= 15 is 0 Å². The predicted octanol–water partition coefficient (Wildman–Crippen LogP) is 2.25. The number of nitrogens with one attached hydrogen (secondary N) is 2. The van der Waals surface area contributed by atoms with Gasteiger partial charge in [-0.05, 0) is 55.8 Å². The summed E-state index contributed by atoms with van der Waals surface area (Å²) in [5, 5.41) is 12.6. The molecule has 0 saturated carbocycles. The second kappa shape index (κ2) is 8.43. The molecule has 1 atom stereocenters. The van der Waals surface area contributed by atoms with Gasteiger partial charge in [0.15, 0.2) is 6.04 Å². The number of aryl methyl sites for hydroxylation is 1. The van der Waals surface area contributed by atoms with E-state index < -0.39 is 0 Å². The van der Waals surface area contributed by atoms with E-state index in [-0.39, 0.29) is 11.9 Å². The summed E-state index contributed by atoms with van der Waals surface area (Å²) in [6.07, 6.45) is 0. The molecule has 140 valence electrons. The first-order valence-corrected chi connectivity index (χ1v) is 9.52. The number of rotatable bonds is 4. The molecule has 6 heteroatoms. The molecular weight excluding hydrogens is 360 g/mol. The Kier molecular flexibility index (Phi) is 6.00. The Labute approximate surface area is 165 Å². The summed E-state index contributed by atoms with van der Waals surface area (Å²) in [5.74, 6) is 0.00194. The van der Waals surface area contributed by atoms with Crippen LogP contribution in [-0.2, 0) is 4.79 Å². The second-order valence-electron chi connectivity index (χ2n) is 6.98. The van der Waals surface area contributed by atoms with Crippen molar-refractivity contribution in [2.75, 3.05) is 36.4 Å². The fourth-order valence-electron chi connectivity index (χ4n) is 3.46. The largest absolute Gasteiger partial charge is 0.360 e. The van der Waals surface area contributed by atoms with Crippen LogP contribution in [0.2, 0.25) is 5.02 Å². The van der Waals surface area contributed by atoms with Gasteiger partial charge in [0.1, 0.15) is 0 Å². The molecule has 0 aliphatic carbocycles. The lowest BCUT2D eigenvalue weighted by atomic mass is 10.1. The molecule has 1 aliphatic rings. The highest BCUT2D eigenvalue weighted by Crippen LogP contribution is 2.24. The van der Waals surface area contributed by atoms with Crippen LogP contribution in [0.1, 0.15) is 18.1 Å². The van der Waals surface area contributed by atoms with E-state index in [1.54, 1.807) is 24.3 Å². The van der Waals surface area contributed by atoms with Gasteiger partial charge in [-0.15, -0.1) is 0 Å². The summed E-state index contributed by atoms with van der Waals surface area (Å²) < 4.78 is 0. The van der Waals surface area contributed by atoms with Crippen molar-refractivity contribution < 1.29 is 9.69 Å². The minimum Gasteiger partial charge on any atom is -0.360 e. The second-order valence-corrected chi connectivity index (χ2v) is 7.41. The Morgan fingerprint density at radius 1 is 1.22 bits per heavy atom. The Morgan fingerprint density at radius 3 is 2.52 bits per heavy atom. The van der Waals surface area contributed by atoms with Gasteiger partial charge in [-0.25, -0.2) is 0 Å². The third kappa shape index (κ3) is 4.60. The van der Waals surface area contributed by atoms with Crippen molar-refractivity contribution in [2.24, 2.45) is 0 Å². The summed E-state index contributed by atoms with van der Waals surface area (Å²) in [6, 6.07) is 14.9. The van der Waals surface area contributed by atoms with E-state index in [0.717, 1.165) is 36.9 Å². The Bertz CT molecular complexity index is 851. The molecule has 2 aromatic rings. The molecule has 0 bridgehead atoms. The molecular formula is C21H24ClN4O+. The van der Waals surface area contributed by atoms with Gasteiger partial charge in [0.05, 0.1) is 37.8 Å². The number of nitriles is 1. The van der Waals surface area contributed by atoms with Crippen molar-refractivity contribution in [2.45, 2.75) is 19.9 Å². The zero-order valence-electron chi connectivity index (χ0n) is 15.6. The third-order valence-corrected chi connectivity index (χ3v) is 5.44. The Hall–Kier alpha value is -2.55. The highest BCUT2D eigenvalue weighted by Gasteiger charge is 2.29. The zero-order chi connectivity index (χ0) is 19.4. The number of hydrogen-bond acceptors (Lipinski definition) is 3. The smallest absolute Gasteiger partial charge is 0.282 e. The monoisotopic (exact) mass is 383 g/mol. The normalized spacial score (nSPS) is 15.9. The fraction of sp³-hybridized carbons (Fsp3) is 0.333. The first-order chi connectivity index (χ1) is 13.0. The lowest BCUT2D eigenvalue weighted by molar-refractivity contribution is -0.914. The summed E-state index contributed by atoms with van der Waals surface area (Å²) >= 11 is 6.15. The number of benzene rings is 2. The van der Waals surface area contributed by atoms with E-state index in [4.69, 9.17) is 16.9 Å². The van der Waals surface area contributed by atoms with Gasteiger partial charge < -0.3 is 15.1 Å². The molecule has 2 N–H and O–H groups in total. The molecule has 5 nitrogen and oxygen atoms in total. The number of anilines is 2. The average molecular weight is 384 g/mol. The number of amides is 1. The van der Waals surface area contributed by atoms with Crippen LogP contribution in [0.15, 0.2) is 42.5 Å². The molecule has 1 aliphatic heterocycles. The zero-order valence-corrected chi connectivity index (χ0v) is 16.4. The summed E-state index contributed by atoms with van der Waals surface area (Å²) in [6.45, 7) is 7.64. The van der Waals surface area contributed by atoms with Gasteiger partial charge in [-0.3, -0.25) is 4.79 Å². The van der Waals surface area contributed by atoms with Crippen molar-refractivity contribution in [3.05, 3.63) is 58.6 Å². The van der Waals surface area contributed by atoms with Gasteiger partial charge in [-0.1, -0.05) is 17.7 Å². The molecule has 2 aromatic carbocycles. The van der Waals surface area contributed by atoms with Crippen LogP contribution >= 0.6 is 11.6 Å². The number of carbonyl (C=O) groups is 1. The molecule has 1 saturated heterocycles. The highest BCUT2D eigenvalue weighted by atomic mass is 35.5. The number of hydrogen-bond donors (Lipinski definition) is 2. The van der Waals surface area contributed by atoms with E-state index in [9.17, 15) is 4.79 Å². The van der Waals surface area contributed by atoms with E-state index in [2.05, 4.69) is 23.2 Å². The van der Waals surface area contributed by atoms with Crippen LogP contribution in [-0.4, -0.2) is 38.1 Å². The Balaban J connectivity index is 1.57. The minimum absolute atomic E-state index is 0.00194. The topological polar surface area (TPSA) is 60.6 Å². The summed E-state index contributed by atoms with van der Waals surface area (Å²) in [4.78, 5) is 16.2. The third-order valence-electron chi connectivity index (χ3n) is 5.20. The van der Waals surface area contributed by atoms with Crippen LogP contribution in [0.3, 0.4) is 0 Å². The van der Waals surface area contributed by atoms with Crippen molar-refractivity contribution in [1.82, 2.24) is 0 Å². The molecule has 27 heavy (non-hydrogen) atoms. The number of halogens is 1. The number of quaternary nitrogens is 1. The molecule has 0 spiro atoms. The lowest BCUT2D eigenvalue weighted by Crippen LogP contribution is -3.19. The van der Waals surface area contributed by atoms with Crippen LogP contribution in [0.4, 0.5) is 11.4 Å². The number of nitrogens with zero attached hydrogens (tertiary/aromatic N) is 2. The molecule has 0 radical (unpaired) electrons. The number of piperazine rings is 1. The molecule has 3 rings (SSSR count). The van der Waals surface area contributed by atoms with Crippen LogP contribution < -0.4 is 15.1 Å². The molecule has 1 fully saturated rings. The van der Waals surface area contributed by atoms with Gasteiger partial charge >= 0.3 is 0 Å². The Morgan fingerprint density at radius 2 is 1.89 bits per heavy atom. The van der Waals surface area contributed by atoms with Gasteiger partial charge in [-0.2, -0.15) is 5.26 Å². The fourth-order valence-corrected chi connectivity index (χ4v) is 3.62. The molecule has 1 amide bonds. The van der Waals surface area contributed by atoms with Crippen molar-refractivity contribution >= 4 is 28.9 Å². The SMILES string of the molecule is Cc1ccc(Cl)cc1N1CC[NH+]([C@@H](C)C(=O)Nc2ccc(C#N)cc2)CC1. The van der Waals surface area contributed by atoms with E-state index in [0.29, 0.717) is 5.56 Å². The standard InChI is InChI=1S/C21H23ClN4O/c1-15-3-6-18(22)13-20(15)26-11-9-25(10-12-26)16(2)21(27)24-19-7-4-17(14-23)5-8-19/h3-8,13,16H,9-12H2,1-2H3,(H,24,27)/p+1/t16-/m0/s1. The van der Waals surface area contributed by atoms with Crippen molar-refractivity contribution in [3.63, 3.8) is 0 Å². The molecule has 0 unspecified atom stereocenters. The van der Waals surface area contributed by atoms with Crippen LogP contribution in [0.5, 0.6) is 0 Å². The highest BCUT2D eigenvalue weighted by molar-refractivity contribution is 6.30. The van der Waals surface area contributed by atoms with Gasteiger partial charge in [0.25, 0.3) is 5.91 Å². The lowest BCUT2D eigenvalue weighted by Gasteiger charge is -2.36. The predicted molar refractivity (Wildman–Crippen MR) is 108 cm³/mol. The van der Waals surface area contributed by atoms with Crippen molar-refractivity contribution in [1.29, 1.82) is 5.26 Å². The van der Waals surface area contributed by atoms with Gasteiger partial charge in [0.2, 0.25) is 0 Å². The van der Waals surface area contributed by atoms with E-state index in [1.165, 1.54) is 16.2 Å². The van der Waals surface area contributed by atoms with Crippen LogP contribution in [0, 0.1) is 18.3 Å². The van der Waals surface area contributed by atoms with Crippen LogP contribution in [0.25, 0.3) is 0 Å². The maximum absolute atomic E-state index is 12.6. The molecule has 1 heterocycles. The average Bonchev–Trinajstić information content (AvgIpc) is 2.70. The van der Waals surface area contributed by atoms with Crippen molar-refractivity contribution in [3.8, 4) is 6.07 Å². The van der Waals surface area contributed by atoms with Gasteiger partial charge in [0, 0.05) is 16.4 Å². The maximum Gasteiger partial charge on any atom is 0.282 e. The maximum atomic E-state index is 12.6. The first kappa shape index (κ1) is 19.2. The molecule has 0 aromatic heterocycles.